The van der Waals surface area contributed by atoms with Gasteiger partial charge in [0.05, 0.1) is 19.6 Å². The highest BCUT2D eigenvalue weighted by atomic mass is 16.5. The van der Waals surface area contributed by atoms with E-state index in [2.05, 4.69) is 5.32 Å². The summed E-state index contributed by atoms with van der Waals surface area (Å²) < 4.78 is 11.0. The monoisotopic (exact) mass is 307 g/mol. The smallest absolute Gasteiger partial charge is 0.305 e. The van der Waals surface area contributed by atoms with E-state index in [9.17, 15) is 9.59 Å². The Labute approximate surface area is 129 Å². The second-order valence-electron chi connectivity index (χ2n) is 4.34. The van der Waals surface area contributed by atoms with Gasteiger partial charge in [0, 0.05) is 12.6 Å². The lowest BCUT2D eigenvalue weighted by molar-refractivity contribution is -0.136. The number of hydrogen-bond donors (Lipinski definition) is 2. The number of carbonyl (C=O) groups excluding carboxylic acids is 1. The Balaban J connectivity index is 2.67. The molecule has 1 aromatic rings. The van der Waals surface area contributed by atoms with Crippen molar-refractivity contribution in [1.29, 1.82) is 0 Å². The molecule has 0 bridgehead atoms. The maximum atomic E-state index is 11.5. The third-order valence-electron chi connectivity index (χ3n) is 2.63. The molecule has 0 fully saturated rings. The van der Waals surface area contributed by atoms with Gasteiger partial charge in [-0.2, -0.15) is 0 Å². The Kier molecular flexibility index (Phi) is 7.53. The van der Waals surface area contributed by atoms with E-state index < -0.39 is 5.97 Å². The molecule has 1 rings (SSSR count). The van der Waals surface area contributed by atoms with Gasteiger partial charge in [0.1, 0.15) is 0 Å². The van der Waals surface area contributed by atoms with Gasteiger partial charge in [0.2, 0.25) is 5.91 Å². The van der Waals surface area contributed by atoms with Crippen LogP contribution in [0, 0.1) is 0 Å². The van der Waals surface area contributed by atoms with Crippen LogP contribution in [0.3, 0.4) is 0 Å². The van der Waals surface area contributed by atoms with E-state index in [0.717, 1.165) is 5.56 Å². The molecule has 0 saturated heterocycles. The number of carboxylic acid groups (broad SMARTS) is 1. The Morgan fingerprint density at radius 2 is 1.86 bits per heavy atom. The van der Waals surface area contributed by atoms with Crippen LogP contribution in [0.5, 0.6) is 11.5 Å². The molecule has 0 aliphatic heterocycles. The van der Waals surface area contributed by atoms with Crippen molar-refractivity contribution >= 4 is 18.0 Å². The molecule has 0 atom stereocenters. The summed E-state index contributed by atoms with van der Waals surface area (Å²) in [6.07, 6.45) is 2.89. The second-order valence-corrected chi connectivity index (χ2v) is 4.34. The molecule has 1 amide bonds. The van der Waals surface area contributed by atoms with Crippen molar-refractivity contribution in [3.63, 3.8) is 0 Å². The first-order valence-corrected chi connectivity index (χ1v) is 7.14. The molecule has 0 aliphatic rings. The number of ether oxygens (including phenoxy) is 2. The lowest BCUT2D eigenvalue weighted by atomic mass is 10.2. The number of nitrogens with one attached hydrogen (secondary N) is 1. The molecule has 0 saturated carbocycles. The van der Waals surface area contributed by atoms with E-state index in [0.29, 0.717) is 24.7 Å². The average Bonchev–Trinajstić information content (AvgIpc) is 2.47. The fourth-order valence-corrected chi connectivity index (χ4v) is 1.69. The molecule has 120 valence electrons. The summed E-state index contributed by atoms with van der Waals surface area (Å²) in [5.41, 5.74) is 0.792. The van der Waals surface area contributed by atoms with Gasteiger partial charge >= 0.3 is 5.97 Å². The molecule has 0 spiro atoms. The molecule has 6 nitrogen and oxygen atoms in total. The topological polar surface area (TPSA) is 84.9 Å². The van der Waals surface area contributed by atoms with Gasteiger partial charge in [-0.1, -0.05) is 6.07 Å². The van der Waals surface area contributed by atoms with Gasteiger partial charge in [0.15, 0.2) is 11.5 Å². The largest absolute Gasteiger partial charge is 0.490 e. The molecular weight excluding hydrogens is 286 g/mol. The molecular formula is C16H21NO5. The first-order valence-electron chi connectivity index (χ1n) is 7.14. The zero-order valence-electron chi connectivity index (χ0n) is 12.8. The maximum Gasteiger partial charge on any atom is 0.305 e. The van der Waals surface area contributed by atoms with Crippen molar-refractivity contribution in [2.45, 2.75) is 20.3 Å². The summed E-state index contributed by atoms with van der Waals surface area (Å²) in [6, 6.07) is 5.39. The highest BCUT2D eigenvalue weighted by Gasteiger charge is 2.05. The summed E-state index contributed by atoms with van der Waals surface area (Å²) >= 11 is 0. The van der Waals surface area contributed by atoms with Crippen LogP contribution in [0.1, 0.15) is 25.8 Å². The van der Waals surface area contributed by atoms with Gasteiger partial charge in [-0.15, -0.1) is 0 Å². The Bertz CT molecular complexity index is 539. The molecule has 22 heavy (non-hydrogen) atoms. The molecule has 0 radical (unpaired) electrons. The number of aliphatic carboxylic acids is 1. The summed E-state index contributed by atoms with van der Waals surface area (Å²) in [6.45, 7) is 4.94. The van der Waals surface area contributed by atoms with E-state index in [4.69, 9.17) is 14.6 Å². The van der Waals surface area contributed by atoms with Crippen molar-refractivity contribution in [3.05, 3.63) is 29.8 Å². The molecule has 6 heteroatoms. The van der Waals surface area contributed by atoms with Crippen LogP contribution in [-0.2, 0) is 9.59 Å². The Hall–Kier alpha value is -2.50. The number of benzene rings is 1. The molecule has 0 heterocycles. The van der Waals surface area contributed by atoms with Gasteiger partial charge in [-0.25, -0.2) is 0 Å². The predicted molar refractivity (Wildman–Crippen MR) is 83.1 cm³/mol. The second kappa shape index (κ2) is 9.44. The maximum absolute atomic E-state index is 11.5. The van der Waals surface area contributed by atoms with E-state index in [1.807, 2.05) is 19.9 Å². The zero-order valence-corrected chi connectivity index (χ0v) is 12.8. The molecule has 0 aliphatic carbocycles. The third-order valence-corrected chi connectivity index (χ3v) is 2.63. The predicted octanol–water partition coefficient (Wildman–Crippen LogP) is 2.09. The minimum atomic E-state index is -0.947. The minimum absolute atomic E-state index is 0.100. The minimum Gasteiger partial charge on any atom is -0.490 e. The van der Waals surface area contributed by atoms with Crippen molar-refractivity contribution in [3.8, 4) is 11.5 Å². The van der Waals surface area contributed by atoms with Crippen molar-refractivity contribution in [2.75, 3.05) is 19.8 Å². The van der Waals surface area contributed by atoms with Gasteiger partial charge in [0.25, 0.3) is 0 Å². The van der Waals surface area contributed by atoms with Crippen LogP contribution in [0.4, 0.5) is 0 Å². The van der Waals surface area contributed by atoms with Crippen LogP contribution in [0.2, 0.25) is 0 Å². The van der Waals surface area contributed by atoms with Crippen LogP contribution < -0.4 is 14.8 Å². The van der Waals surface area contributed by atoms with E-state index in [1.54, 1.807) is 18.2 Å². The average molecular weight is 307 g/mol. The van der Waals surface area contributed by atoms with Crippen molar-refractivity contribution < 1.29 is 24.2 Å². The lowest BCUT2D eigenvalue weighted by Gasteiger charge is -2.11. The number of amides is 1. The summed E-state index contributed by atoms with van der Waals surface area (Å²) in [5.74, 6) is -0.00422. The Morgan fingerprint density at radius 1 is 1.18 bits per heavy atom. The van der Waals surface area contributed by atoms with E-state index in [1.165, 1.54) is 6.08 Å². The van der Waals surface area contributed by atoms with E-state index >= 15 is 0 Å². The Morgan fingerprint density at radius 3 is 2.50 bits per heavy atom. The van der Waals surface area contributed by atoms with Crippen LogP contribution in [-0.4, -0.2) is 36.7 Å². The normalized spacial score (nSPS) is 10.5. The van der Waals surface area contributed by atoms with E-state index in [-0.39, 0.29) is 18.9 Å². The molecule has 1 aromatic carbocycles. The fourth-order valence-electron chi connectivity index (χ4n) is 1.69. The summed E-state index contributed by atoms with van der Waals surface area (Å²) in [7, 11) is 0. The first kappa shape index (κ1) is 17.6. The fraction of sp³-hybridized carbons (Fsp3) is 0.375. The van der Waals surface area contributed by atoms with Gasteiger partial charge in [-0.3, -0.25) is 9.59 Å². The third kappa shape index (κ3) is 6.30. The van der Waals surface area contributed by atoms with Crippen LogP contribution in [0.15, 0.2) is 24.3 Å². The van der Waals surface area contributed by atoms with Crippen molar-refractivity contribution in [1.82, 2.24) is 5.32 Å². The van der Waals surface area contributed by atoms with Crippen molar-refractivity contribution in [2.24, 2.45) is 0 Å². The number of carboxylic acids is 1. The molecule has 0 aromatic heterocycles. The quantitative estimate of drug-likeness (QED) is 0.682. The molecule has 2 N–H and O–H groups in total. The number of carbonyl (C=O) groups is 2. The zero-order chi connectivity index (χ0) is 16.4. The van der Waals surface area contributed by atoms with Crippen LogP contribution >= 0.6 is 0 Å². The highest BCUT2D eigenvalue weighted by molar-refractivity contribution is 5.92. The van der Waals surface area contributed by atoms with Gasteiger partial charge < -0.3 is 19.9 Å². The highest BCUT2D eigenvalue weighted by Crippen LogP contribution is 2.28. The van der Waals surface area contributed by atoms with Crippen LogP contribution in [0.25, 0.3) is 6.08 Å². The summed E-state index contributed by atoms with van der Waals surface area (Å²) in [4.78, 5) is 21.9. The first-order chi connectivity index (χ1) is 10.6. The number of rotatable bonds is 9. The lowest BCUT2D eigenvalue weighted by Crippen LogP contribution is -2.23. The SMILES string of the molecule is CCOc1ccc(C=CC(=O)NCCC(=O)O)cc1OCC. The standard InChI is InChI=1S/C16H21NO5/c1-3-21-13-7-5-12(11-14(13)22-4-2)6-8-15(18)17-10-9-16(19)20/h5-8,11H,3-4,9-10H2,1-2H3,(H,17,18)(H,19,20). The molecule has 0 unspecified atom stereocenters. The van der Waals surface area contributed by atoms with Gasteiger partial charge in [-0.05, 0) is 37.6 Å². The summed E-state index contributed by atoms with van der Waals surface area (Å²) in [5, 5.41) is 11.0. The number of hydrogen-bond acceptors (Lipinski definition) is 4.